The fourth-order valence-corrected chi connectivity index (χ4v) is 5.86. The van der Waals surface area contributed by atoms with Gasteiger partial charge in [-0.25, -0.2) is 18.7 Å². The van der Waals surface area contributed by atoms with Crippen LogP contribution >= 0.6 is 0 Å². The Morgan fingerprint density at radius 3 is 2.39 bits per heavy atom. The number of likely N-dealkylation sites (tertiary alicyclic amines) is 2. The van der Waals surface area contributed by atoms with Crippen LogP contribution in [0.5, 0.6) is 0 Å². The van der Waals surface area contributed by atoms with Crippen molar-refractivity contribution < 1.29 is 13.6 Å². The molecule has 38 heavy (non-hydrogen) atoms. The Morgan fingerprint density at radius 2 is 1.71 bits per heavy atom. The van der Waals surface area contributed by atoms with Gasteiger partial charge in [-0.05, 0) is 60.1 Å². The normalized spacial score (nSPS) is 17.1. The first kappa shape index (κ1) is 24.4. The van der Waals surface area contributed by atoms with E-state index in [4.69, 9.17) is 0 Å². The lowest BCUT2D eigenvalue weighted by Crippen LogP contribution is -2.60. The minimum absolute atomic E-state index is 0.0438. The molecule has 2 aliphatic heterocycles. The SMILES string of the molecule is C=CC(=O)N1CCC2(CC1)CN(CCc1ccc(-c3cc4c(-c5cc(F)cc(F)c5)ncnc4[nH]3)cc1)C2. The van der Waals surface area contributed by atoms with Crippen LogP contribution < -0.4 is 0 Å². The highest BCUT2D eigenvalue weighted by Gasteiger charge is 2.44. The van der Waals surface area contributed by atoms with Gasteiger partial charge in [0.15, 0.2) is 0 Å². The number of nitrogens with zero attached hydrogens (tertiary/aromatic N) is 4. The maximum atomic E-state index is 13.8. The van der Waals surface area contributed by atoms with Gasteiger partial charge in [-0.3, -0.25) is 4.79 Å². The molecular formula is C30H29F2N5O. The zero-order valence-electron chi connectivity index (χ0n) is 21.1. The van der Waals surface area contributed by atoms with Crippen molar-refractivity contribution in [2.45, 2.75) is 19.3 Å². The molecule has 0 radical (unpaired) electrons. The number of benzene rings is 2. The van der Waals surface area contributed by atoms with Crippen LogP contribution in [0.15, 0.2) is 67.5 Å². The van der Waals surface area contributed by atoms with E-state index in [0.717, 1.165) is 69.3 Å². The van der Waals surface area contributed by atoms with Crippen LogP contribution in [0.25, 0.3) is 33.5 Å². The maximum Gasteiger partial charge on any atom is 0.245 e. The average Bonchev–Trinajstić information content (AvgIpc) is 3.35. The second kappa shape index (κ2) is 9.76. The van der Waals surface area contributed by atoms with Crippen LogP contribution in [0.2, 0.25) is 0 Å². The molecule has 0 unspecified atom stereocenters. The standard InChI is InChI=1S/C30H29F2N5O/c1-2-27(38)37-11-8-30(9-12-37)17-36(18-30)10-7-20-3-5-21(6-4-20)26-16-25-28(33-19-34-29(25)35-26)22-13-23(31)15-24(32)14-22/h2-6,13-16,19H,1,7-12,17-18H2,(H,33,34,35). The number of piperidine rings is 1. The molecule has 4 heterocycles. The number of aromatic nitrogens is 3. The van der Waals surface area contributed by atoms with Crippen LogP contribution in [0.4, 0.5) is 8.78 Å². The first-order valence-electron chi connectivity index (χ1n) is 12.9. The van der Waals surface area contributed by atoms with Gasteiger partial charge in [0, 0.05) is 55.4 Å². The Labute approximate surface area is 220 Å². The number of nitrogens with one attached hydrogen (secondary N) is 1. The number of fused-ring (bicyclic) bond motifs is 1. The summed E-state index contributed by atoms with van der Waals surface area (Å²) in [6.45, 7) is 8.49. The Kier molecular flexibility index (Phi) is 6.27. The maximum absolute atomic E-state index is 13.8. The van der Waals surface area contributed by atoms with Crippen LogP contribution in [0, 0.1) is 17.0 Å². The molecule has 4 aromatic rings. The lowest BCUT2D eigenvalue weighted by molar-refractivity contribution is -0.131. The number of aromatic amines is 1. The zero-order valence-corrected chi connectivity index (χ0v) is 21.1. The summed E-state index contributed by atoms with van der Waals surface area (Å²) in [4.78, 5) is 28.2. The zero-order chi connectivity index (χ0) is 26.3. The number of hydrogen-bond acceptors (Lipinski definition) is 4. The minimum atomic E-state index is -0.642. The molecule has 0 bridgehead atoms. The van der Waals surface area contributed by atoms with Crippen LogP contribution in [-0.2, 0) is 11.2 Å². The summed E-state index contributed by atoms with van der Waals surface area (Å²) in [7, 11) is 0. The smallest absolute Gasteiger partial charge is 0.245 e. The van der Waals surface area contributed by atoms with E-state index in [1.165, 1.54) is 30.1 Å². The van der Waals surface area contributed by atoms with Crippen molar-refractivity contribution in [3.8, 4) is 22.5 Å². The number of carbonyl (C=O) groups is 1. The molecule has 2 aromatic heterocycles. The van der Waals surface area contributed by atoms with E-state index in [2.05, 4.69) is 50.7 Å². The van der Waals surface area contributed by atoms with Gasteiger partial charge in [-0.15, -0.1) is 0 Å². The van der Waals surface area contributed by atoms with Gasteiger partial charge in [0.1, 0.15) is 23.6 Å². The molecule has 0 atom stereocenters. The fraction of sp³-hybridized carbons (Fsp3) is 0.300. The van der Waals surface area contributed by atoms with E-state index in [-0.39, 0.29) is 5.91 Å². The Bertz CT molecular complexity index is 1480. The van der Waals surface area contributed by atoms with Crippen LogP contribution in [-0.4, -0.2) is 63.4 Å². The first-order valence-corrected chi connectivity index (χ1v) is 12.9. The van der Waals surface area contributed by atoms with Gasteiger partial charge < -0.3 is 14.8 Å². The monoisotopic (exact) mass is 513 g/mol. The van der Waals surface area contributed by atoms with Gasteiger partial charge in [0.05, 0.1) is 5.69 Å². The van der Waals surface area contributed by atoms with Crippen molar-refractivity contribution in [3.05, 3.63) is 84.7 Å². The number of carbonyl (C=O) groups excluding carboxylic acids is 1. The van der Waals surface area contributed by atoms with Crippen molar-refractivity contribution in [2.24, 2.45) is 5.41 Å². The summed E-state index contributed by atoms with van der Waals surface area (Å²) in [5.74, 6) is -1.24. The Morgan fingerprint density at radius 1 is 1.00 bits per heavy atom. The molecule has 0 saturated carbocycles. The van der Waals surface area contributed by atoms with Gasteiger partial charge in [0.25, 0.3) is 0 Å². The second-order valence-corrected chi connectivity index (χ2v) is 10.5. The van der Waals surface area contributed by atoms with Crippen LogP contribution in [0.1, 0.15) is 18.4 Å². The van der Waals surface area contributed by atoms with Crippen molar-refractivity contribution in [2.75, 3.05) is 32.7 Å². The van der Waals surface area contributed by atoms with E-state index in [1.54, 1.807) is 0 Å². The van der Waals surface area contributed by atoms with Gasteiger partial charge in [-0.2, -0.15) is 0 Å². The quantitative estimate of drug-likeness (QED) is 0.359. The number of H-pyrrole nitrogens is 1. The molecule has 1 N–H and O–H groups in total. The summed E-state index contributed by atoms with van der Waals surface area (Å²) in [5, 5.41) is 0.711. The molecule has 0 aliphatic carbocycles. The summed E-state index contributed by atoms with van der Waals surface area (Å²) < 4.78 is 27.6. The molecule has 1 amide bonds. The van der Waals surface area contributed by atoms with Crippen LogP contribution in [0.3, 0.4) is 0 Å². The molecule has 6 nitrogen and oxygen atoms in total. The van der Waals surface area contributed by atoms with E-state index in [9.17, 15) is 13.6 Å². The third-order valence-corrected chi connectivity index (χ3v) is 7.97. The van der Waals surface area contributed by atoms with E-state index < -0.39 is 11.6 Å². The molecule has 194 valence electrons. The lowest BCUT2D eigenvalue weighted by Gasteiger charge is -2.54. The Hall–Kier alpha value is -3.91. The van der Waals surface area contributed by atoms with E-state index in [0.29, 0.717) is 27.7 Å². The highest BCUT2D eigenvalue weighted by Crippen LogP contribution is 2.40. The number of amides is 1. The summed E-state index contributed by atoms with van der Waals surface area (Å²) >= 11 is 0. The molecule has 6 rings (SSSR count). The summed E-state index contributed by atoms with van der Waals surface area (Å²) in [6.07, 6.45) is 5.93. The van der Waals surface area contributed by atoms with Gasteiger partial charge in [0.2, 0.25) is 5.91 Å². The molecule has 2 fully saturated rings. The predicted octanol–water partition coefficient (Wildman–Crippen LogP) is 5.22. The number of halogens is 2. The molecular weight excluding hydrogens is 484 g/mol. The van der Waals surface area contributed by atoms with Crippen molar-refractivity contribution in [3.63, 3.8) is 0 Å². The van der Waals surface area contributed by atoms with Gasteiger partial charge in [-0.1, -0.05) is 30.8 Å². The van der Waals surface area contributed by atoms with E-state index >= 15 is 0 Å². The molecule has 2 aromatic carbocycles. The topological polar surface area (TPSA) is 65.1 Å². The highest BCUT2D eigenvalue weighted by molar-refractivity contribution is 5.94. The second-order valence-electron chi connectivity index (χ2n) is 10.5. The molecule has 1 spiro atoms. The Balaban J connectivity index is 1.09. The third kappa shape index (κ3) is 4.72. The van der Waals surface area contributed by atoms with Gasteiger partial charge >= 0.3 is 0 Å². The summed E-state index contributed by atoms with van der Waals surface area (Å²) in [5.41, 5.74) is 4.99. The largest absolute Gasteiger partial charge is 0.339 e. The van der Waals surface area contributed by atoms with Crippen molar-refractivity contribution in [1.82, 2.24) is 24.8 Å². The number of hydrogen-bond donors (Lipinski definition) is 1. The summed E-state index contributed by atoms with van der Waals surface area (Å²) in [6, 6.07) is 13.8. The lowest BCUT2D eigenvalue weighted by atomic mass is 9.72. The fourth-order valence-electron chi connectivity index (χ4n) is 5.86. The minimum Gasteiger partial charge on any atom is -0.339 e. The van der Waals surface area contributed by atoms with Crippen molar-refractivity contribution in [1.29, 1.82) is 0 Å². The third-order valence-electron chi connectivity index (χ3n) is 7.97. The molecule has 2 aliphatic rings. The van der Waals surface area contributed by atoms with E-state index in [1.807, 2.05) is 11.0 Å². The first-order chi connectivity index (χ1) is 18.4. The molecule has 2 saturated heterocycles. The number of rotatable bonds is 6. The predicted molar refractivity (Wildman–Crippen MR) is 143 cm³/mol. The van der Waals surface area contributed by atoms with Crippen molar-refractivity contribution >= 4 is 16.9 Å². The average molecular weight is 514 g/mol. The molecule has 8 heteroatoms. The highest BCUT2D eigenvalue weighted by atomic mass is 19.1.